The van der Waals surface area contributed by atoms with E-state index in [4.69, 9.17) is 5.73 Å². The zero-order valence-corrected chi connectivity index (χ0v) is 8.90. The fourth-order valence-corrected chi connectivity index (χ4v) is 2.03. The first kappa shape index (κ1) is 8.92. The standard InChI is InChI=1S/C12H15N3/c1-9-14-10-4-2-3-5-11(10)15(9)8-12(13)6-7-12/h2-5H,6-8,13H2,1H3. The van der Waals surface area contributed by atoms with Crippen molar-refractivity contribution < 1.29 is 0 Å². The molecule has 1 saturated carbocycles. The van der Waals surface area contributed by atoms with Gasteiger partial charge in [-0.15, -0.1) is 0 Å². The Kier molecular flexibility index (Phi) is 1.68. The van der Waals surface area contributed by atoms with Crippen molar-refractivity contribution in [3.8, 4) is 0 Å². The molecule has 0 atom stereocenters. The summed E-state index contributed by atoms with van der Waals surface area (Å²) in [6.07, 6.45) is 2.28. The van der Waals surface area contributed by atoms with Gasteiger partial charge in [0, 0.05) is 12.1 Å². The van der Waals surface area contributed by atoms with Gasteiger partial charge < -0.3 is 10.3 Å². The number of aryl methyl sites for hydroxylation is 1. The molecule has 0 aliphatic heterocycles. The molecule has 1 aromatic carbocycles. The van der Waals surface area contributed by atoms with Gasteiger partial charge in [0.15, 0.2) is 0 Å². The number of rotatable bonds is 2. The molecule has 3 heteroatoms. The second kappa shape index (κ2) is 2.83. The van der Waals surface area contributed by atoms with Gasteiger partial charge in [0.25, 0.3) is 0 Å². The molecular weight excluding hydrogens is 186 g/mol. The van der Waals surface area contributed by atoms with E-state index in [1.54, 1.807) is 0 Å². The van der Waals surface area contributed by atoms with Gasteiger partial charge in [-0.05, 0) is 31.9 Å². The quantitative estimate of drug-likeness (QED) is 0.805. The van der Waals surface area contributed by atoms with Crippen molar-refractivity contribution >= 4 is 11.0 Å². The monoisotopic (exact) mass is 201 g/mol. The van der Waals surface area contributed by atoms with E-state index < -0.39 is 0 Å². The minimum Gasteiger partial charge on any atom is -0.326 e. The summed E-state index contributed by atoms with van der Waals surface area (Å²) in [4.78, 5) is 4.53. The summed E-state index contributed by atoms with van der Waals surface area (Å²) in [6, 6.07) is 8.24. The minimum atomic E-state index is 0.0359. The van der Waals surface area contributed by atoms with Crippen LogP contribution in [0, 0.1) is 6.92 Å². The summed E-state index contributed by atoms with van der Waals surface area (Å²) in [5.41, 5.74) is 8.45. The van der Waals surface area contributed by atoms with Crippen molar-refractivity contribution in [3.63, 3.8) is 0 Å². The van der Waals surface area contributed by atoms with Crippen molar-refractivity contribution in [1.82, 2.24) is 9.55 Å². The third kappa shape index (κ3) is 1.43. The predicted molar refractivity (Wildman–Crippen MR) is 60.6 cm³/mol. The summed E-state index contributed by atoms with van der Waals surface area (Å²) in [5.74, 6) is 1.06. The summed E-state index contributed by atoms with van der Waals surface area (Å²) in [5, 5.41) is 0. The summed E-state index contributed by atoms with van der Waals surface area (Å²) < 4.78 is 2.24. The molecule has 0 unspecified atom stereocenters. The molecule has 15 heavy (non-hydrogen) atoms. The van der Waals surface area contributed by atoms with E-state index in [1.807, 2.05) is 13.0 Å². The topological polar surface area (TPSA) is 43.8 Å². The van der Waals surface area contributed by atoms with Gasteiger partial charge in [-0.1, -0.05) is 12.1 Å². The van der Waals surface area contributed by atoms with E-state index in [-0.39, 0.29) is 5.54 Å². The van der Waals surface area contributed by atoms with Crippen LogP contribution in [0.1, 0.15) is 18.7 Å². The molecule has 0 radical (unpaired) electrons. The largest absolute Gasteiger partial charge is 0.326 e. The van der Waals surface area contributed by atoms with E-state index >= 15 is 0 Å². The van der Waals surface area contributed by atoms with Gasteiger partial charge in [0.2, 0.25) is 0 Å². The molecule has 1 aliphatic carbocycles. The van der Waals surface area contributed by atoms with Crippen LogP contribution in [0.2, 0.25) is 0 Å². The number of para-hydroxylation sites is 2. The third-order valence-electron chi connectivity index (χ3n) is 3.21. The zero-order valence-electron chi connectivity index (χ0n) is 8.90. The highest BCUT2D eigenvalue weighted by molar-refractivity contribution is 5.75. The summed E-state index contributed by atoms with van der Waals surface area (Å²) >= 11 is 0. The Hall–Kier alpha value is -1.35. The number of fused-ring (bicyclic) bond motifs is 1. The van der Waals surface area contributed by atoms with Crippen LogP contribution in [0.4, 0.5) is 0 Å². The molecule has 2 aromatic rings. The molecule has 0 amide bonds. The summed E-state index contributed by atoms with van der Waals surface area (Å²) in [6.45, 7) is 2.95. The van der Waals surface area contributed by atoms with Crippen LogP contribution in [0.15, 0.2) is 24.3 Å². The SMILES string of the molecule is Cc1nc2ccccc2n1CC1(N)CC1. The first-order valence-corrected chi connectivity index (χ1v) is 5.39. The average molecular weight is 201 g/mol. The van der Waals surface area contributed by atoms with Crippen LogP contribution in [0.25, 0.3) is 11.0 Å². The fourth-order valence-electron chi connectivity index (χ4n) is 2.03. The van der Waals surface area contributed by atoms with Crippen molar-refractivity contribution in [2.75, 3.05) is 0 Å². The molecule has 1 heterocycles. The van der Waals surface area contributed by atoms with Crippen LogP contribution in [0.3, 0.4) is 0 Å². The Morgan fingerprint density at radius 1 is 1.40 bits per heavy atom. The fraction of sp³-hybridized carbons (Fsp3) is 0.417. The first-order valence-electron chi connectivity index (χ1n) is 5.39. The lowest BCUT2D eigenvalue weighted by Gasteiger charge is -2.12. The molecule has 1 aliphatic rings. The van der Waals surface area contributed by atoms with E-state index in [9.17, 15) is 0 Å². The lowest BCUT2D eigenvalue weighted by Crippen LogP contribution is -2.28. The van der Waals surface area contributed by atoms with Crippen LogP contribution >= 0.6 is 0 Å². The van der Waals surface area contributed by atoms with E-state index in [0.29, 0.717) is 0 Å². The number of aromatic nitrogens is 2. The van der Waals surface area contributed by atoms with Gasteiger partial charge in [-0.2, -0.15) is 0 Å². The van der Waals surface area contributed by atoms with Gasteiger partial charge in [-0.25, -0.2) is 4.98 Å². The van der Waals surface area contributed by atoms with E-state index in [2.05, 4.69) is 27.8 Å². The molecule has 78 valence electrons. The van der Waals surface area contributed by atoms with E-state index in [0.717, 1.165) is 30.7 Å². The molecule has 1 aromatic heterocycles. The maximum atomic E-state index is 6.15. The Balaban J connectivity index is 2.11. The van der Waals surface area contributed by atoms with Gasteiger partial charge in [-0.3, -0.25) is 0 Å². The van der Waals surface area contributed by atoms with Crippen molar-refractivity contribution in [2.24, 2.45) is 5.73 Å². The lowest BCUT2D eigenvalue weighted by atomic mass is 10.2. The molecule has 3 rings (SSSR count). The third-order valence-corrected chi connectivity index (χ3v) is 3.21. The first-order chi connectivity index (χ1) is 7.18. The maximum absolute atomic E-state index is 6.15. The highest BCUT2D eigenvalue weighted by atomic mass is 15.1. The van der Waals surface area contributed by atoms with Crippen molar-refractivity contribution in [2.45, 2.75) is 31.8 Å². The van der Waals surface area contributed by atoms with E-state index in [1.165, 1.54) is 5.52 Å². The molecule has 2 N–H and O–H groups in total. The second-order valence-electron chi connectivity index (χ2n) is 4.60. The zero-order chi connectivity index (χ0) is 10.5. The molecular formula is C12H15N3. The number of hydrogen-bond acceptors (Lipinski definition) is 2. The Labute approximate surface area is 88.9 Å². The predicted octanol–water partition coefficient (Wildman–Crippen LogP) is 1.84. The van der Waals surface area contributed by atoms with Gasteiger partial charge in [0.05, 0.1) is 11.0 Å². The van der Waals surface area contributed by atoms with Crippen LogP contribution in [0.5, 0.6) is 0 Å². The average Bonchev–Trinajstić information content (AvgIpc) is 2.86. The molecule has 1 fully saturated rings. The van der Waals surface area contributed by atoms with Gasteiger partial charge >= 0.3 is 0 Å². The molecule has 0 spiro atoms. The highest BCUT2D eigenvalue weighted by Gasteiger charge is 2.39. The van der Waals surface area contributed by atoms with Crippen LogP contribution in [-0.2, 0) is 6.54 Å². The van der Waals surface area contributed by atoms with Crippen molar-refractivity contribution in [1.29, 1.82) is 0 Å². The molecule has 0 saturated heterocycles. The lowest BCUT2D eigenvalue weighted by molar-refractivity contribution is 0.543. The Bertz CT molecular complexity index is 509. The number of nitrogens with zero attached hydrogens (tertiary/aromatic N) is 2. The number of imidazole rings is 1. The highest BCUT2D eigenvalue weighted by Crippen LogP contribution is 2.35. The number of benzene rings is 1. The van der Waals surface area contributed by atoms with Gasteiger partial charge in [0.1, 0.15) is 5.82 Å². The van der Waals surface area contributed by atoms with Crippen molar-refractivity contribution in [3.05, 3.63) is 30.1 Å². The number of hydrogen-bond donors (Lipinski definition) is 1. The molecule has 0 bridgehead atoms. The smallest absolute Gasteiger partial charge is 0.106 e. The second-order valence-corrected chi connectivity index (χ2v) is 4.60. The maximum Gasteiger partial charge on any atom is 0.106 e. The molecule has 3 nitrogen and oxygen atoms in total. The van der Waals surface area contributed by atoms with Crippen LogP contribution in [-0.4, -0.2) is 15.1 Å². The number of nitrogens with two attached hydrogens (primary N) is 1. The van der Waals surface area contributed by atoms with Crippen LogP contribution < -0.4 is 5.73 Å². The minimum absolute atomic E-state index is 0.0359. The normalized spacial score (nSPS) is 18.3. The Morgan fingerprint density at radius 3 is 2.87 bits per heavy atom. The summed E-state index contributed by atoms with van der Waals surface area (Å²) in [7, 11) is 0. The Morgan fingerprint density at radius 2 is 2.13 bits per heavy atom.